The number of likely N-dealkylation sites (tertiary alicyclic amines) is 1. The van der Waals surface area contributed by atoms with Gasteiger partial charge >= 0.3 is 0 Å². The van der Waals surface area contributed by atoms with E-state index in [-0.39, 0.29) is 0 Å². The van der Waals surface area contributed by atoms with Crippen molar-refractivity contribution in [3.63, 3.8) is 0 Å². The summed E-state index contributed by atoms with van der Waals surface area (Å²) in [5.74, 6) is 0.884. The summed E-state index contributed by atoms with van der Waals surface area (Å²) < 4.78 is 0. The summed E-state index contributed by atoms with van der Waals surface area (Å²) in [6.07, 6.45) is 9.70. The third-order valence-corrected chi connectivity index (χ3v) is 5.63. The van der Waals surface area contributed by atoms with Crippen LogP contribution in [0.2, 0.25) is 0 Å². The lowest BCUT2D eigenvalue weighted by Crippen LogP contribution is -2.41. The Morgan fingerprint density at radius 1 is 1.19 bits per heavy atom. The van der Waals surface area contributed by atoms with Crippen LogP contribution in [0.4, 0.5) is 5.69 Å². The molecule has 27 heavy (non-hydrogen) atoms. The quantitative estimate of drug-likeness (QED) is 0.336. The highest BCUT2D eigenvalue weighted by Gasteiger charge is 2.17. The molecule has 0 aliphatic carbocycles. The zero-order chi connectivity index (χ0) is 18.9. The van der Waals surface area contributed by atoms with Crippen LogP contribution >= 0.6 is 0 Å². The lowest BCUT2D eigenvalue weighted by atomic mass is 10.0. The minimum Gasteiger partial charge on any atom is -0.364 e. The van der Waals surface area contributed by atoms with E-state index in [1.165, 1.54) is 43.6 Å². The van der Waals surface area contributed by atoms with Crippen molar-refractivity contribution in [2.24, 2.45) is 4.99 Å². The number of anilines is 1. The molecule has 2 aliphatic rings. The van der Waals surface area contributed by atoms with Gasteiger partial charge in [-0.15, -0.1) is 0 Å². The predicted molar refractivity (Wildman–Crippen MR) is 115 cm³/mol. The second kappa shape index (κ2) is 10.4. The average molecular weight is 370 g/mol. The first-order valence-electron chi connectivity index (χ1n) is 10.4. The van der Waals surface area contributed by atoms with Gasteiger partial charge in [0.25, 0.3) is 0 Å². The van der Waals surface area contributed by atoms with Crippen molar-refractivity contribution in [1.82, 2.24) is 15.5 Å². The largest absolute Gasteiger partial charge is 0.364 e. The molecule has 0 radical (unpaired) electrons. The minimum atomic E-state index is 0.745. The molecule has 5 nitrogen and oxygen atoms in total. The molecule has 0 saturated carbocycles. The summed E-state index contributed by atoms with van der Waals surface area (Å²) in [5, 5.41) is 6.90. The molecule has 5 heteroatoms. The highest BCUT2D eigenvalue weighted by Crippen LogP contribution is 2.18. The summed E-state index contributed by atoms with van der Waals surface area (Å²) in [5.41, 5.74) is 2.57. The van der Waals surface area contributed by atoms with E-state index >= 15 is 0 Å². The Kier molecular flexibility index (Phi) is 7.57. The van der Waals surface area contributed by atoms with Crippen molar-refractivity contribution in [3.8, 4) is 0 Å². The Morgan fingerprint density at radius 2 is 2.04 bits per heavy atom. The van der Waals surface area contributed by atoms with Crippen molar-refractivity contribution >= 4 is 11.6 Å². The molecule has 1 saturated heterocycles. The fraction of sp³-hybridized carbons (Fsp3) is 0.591. The van der Waals surface area contributed by atoms with E-state index in [1.54, 1.807) is 0 Å². The normalized spacial score (nSPS) is 20.9. The molecule has 1 aromatic carbocycles. The standard InChI is InChI=1S/C22H35N5/c1-19-9-3-4-13-26(19)16-8-12-24-22(23-2)25-18-20-10-7-11-21(17-20)27-14-5-6-15-27/h5-7,10-11,17,19H,3-4,8-9,12-16,18H2,1-2H3,(H2,23,24,25). The molecule has 1 atom stereocenters. The van der Waals surface area contributed by atoms with E-state index < -0.39 is 0 Å². The van der Waals surface area contributed by atoms with Gasteiger partial charge in [-0.05, 0) is 50.4 Å². The molecule has 148 valence electrons. The summed E-state index contributed by atoms with van der Waals surface area (Å²) in [6.45, 7) is 8.57. The lowest BCUT2D eigenvalue weighted by molar-refractivity contribution is 0.159. The topological polar surface area (TPSA) is 42.9 Å². The second-order valence-electron chi connectivity index (χ2n) is 7.63. The van der Waals surface area contributed by atoms with Crippen molar-refractivity contribution in [1.29, 1.82) is 0 Å². The number of piperidine rings is 1. The monoisotopic (exact) mass is 369 g/mol. The van der Waals surface area contributed by atoms with Crippen LogP contribution in [0.15, 0.2) is 41.4 Å². The molecule has 3 rings (SSSR count). The molecule has 2 aliphatic heterocycles. The van der Waals surface area contributed by atoms with Gasteiger partial charge in [0.1, 0.15) is 0 Å². The third kappa shape index (κ3) is 5.99. The number of nitrogens with one attached hydrogen (secondary N) is 2. The van der Waals surface area contributed by atoms with Gasteiger partial charge in [0.2, 0.25) is 0 Å². The van der Waals surface area contributed by atoms with Crippen LogP contribution in [0.5, 0.6) is 0 Å². The van der Waals surface area contributed by atoms with Crippen molar-refractivity contribution in [3.05, 3.63) is 42.0 Å². The first kappa shape index (κ1) is 19.7. The zero-order valence-electron chi connectivity index (χ0n) is 17.0. The maximum absolute atomic E-state index is 4.36. The summed E-state index contributed by atoms with van der Waals surface area (Å²) in [6, 6.07) is 9.51. The maximum Gasteiger partial charge on any atom is 0.191 e. The van der Waals surface area contributed by atoms with Crippen molar-refractivity contribution < 1.29 is 0 Å². The van der Waals surface area contributed by atoms with Gasteiger partial charge < -0.3 is 20.4 Å². The molecule has 1 unspecified atom stereocenters. The molecule has 0 amide bonds. The van der Waals surface area contributed by atoms with Crippen LogP contribution in [0.1, 0.15) is 38.2 Å². The van der Waals surface area contributed by atoms with Crippen LogP contribution in [0.25, 0.3) is 0 Å². The fourth-order valence-corrected chi connectivity index (χ4v) is 3.94. The number of benzene rings is 1. The predicted octanol–water partition coefficient (Wildman–Crippen LogP) is 2.99. The number of nitrogens with zero attached hydrogens (tertiary/aromatic N) is 3. The van der Waals surface area contributed by atoms with Gasteiger partial charge in [0.15, 0.2) is 5.96 Å². The number of guanidine groups is 1. The first-order chi connectivity index (χ1) is 13.3. The Balaban J connectivity index is 1.38. The van der Waals surface area contributed by atoms with E-state index in [0.717, 1.165) is 44.6 Å². The van der Waals surface area contributed by atoms with Crippen LogP contribution < -0.4 is 15.5 Å². The first-order valence-corrected chi connectivity index (χ1v) is 10.4. The van der Waals surface area contributed by atoms with Gasteiger partial charge in [0, 0.05) is 51.5 Å². The van der Waals surface area contributed by atoms with Crippen molar-refractivity contribution in [2.45, 2.75) is 45.2 Å². The molecule has 0 aromatic heterocycles. The zero-order valence-corrected chi connectivity index (χ0v) is 17.0. The second-order valence-corrected chi connectivity index (χ2v) is 7.63. The van der Waals surface area contributed by atoms with Crippen molar-refractivity contribution in [2.75, 3.05) is 44.7 Å². The van der Waals surface area contributed by atoms with Gasteiger partial charge in [-0.2, -0.15) is 0 Å². The molecule has 1 aromatic rings. The number of rotatable bonds is 7. The SMILES string of the molecule is CN=C(NCCCN1CCCCC1C)NCc1cccc(N2CC=CC2)c1. The smallest absolute Gasteiger partial charge is 0.191 e. The summed E-state index contributed by atoms with van der Waals surface area (Å²) >= 11 is 0. The van der Waals surface area contributed by atoms with Crippen LogP contribution in [0.3, 0.4) is 0 Å². The summed E-state index contributed by atoms with van der Waals surface area (Å²) in [7, 11) is 1.84. The number of aliphatic imine (C=N–C) groups is 1. The Labute approximate surface area is 164 Å². The summed E-state index contributed by atoms with van der Waals surface area (Å²) in [4.78, 5) is 9.36. The van der Waals surface area contributed by atoms with Crippen LogP contribution in [-0.2, 0) is 6.54 Å². The number of hydrogen-bond donors (Lipinski definition) is 2. The van der Waals surface area contributed by atoms with Crippen LogP contribution in [-0.4, -0.2) is 56.7 Å². The van der Waals surface area contributed by atoms with E-state index in [1.807, 2.05) is 7.05 Å². The van der Waals surface area contributed by atoms with E-state index in [0.29, 0.717) is 0 Å². The lowest BCUT2D eigenvalue weighted by Gasteiger charge is -2.33. The van der Waals surface area contributed by atoms with Crippen LogP contribution in [0, 0.1) is 0 Å². The minimum absolute atomic E-state index is 0.745. The molecule has 1 fully saturated rings. The molecular weight excluding hydrogens is 334 g/mol. The molecular formula is C22H35N5. The van der Waals surface area contributed by atoms with E-state index in [4.69, 9.17) is 0 Å². The van der Waals surface area contributed by atoms with Gasteiger partial charge in [-0.1, -0.05) is 30.7 Å². The third-order valence-electron chi connectivity index (χ3n) is 5.63. The highest BCUT2D eigenvalue weighted by atomic mass is 15.2. The number of hydrogen-bond acceptors (Lipinski definition) is 3. The Morgan fingerprint density at radius 3 is 2.81 bits per heavy atom. The average Bonchev–Trinajstić information content (AvgIpc) is 3.24. The fourth-order valence-electron chi connectivity index (χ4n) is 3.94. The Hall–Kier alpha value is -2.01. The Bertz CT molecular complexity index is 631. The molecule has 2 heterocycles. The molecule has 0 bridgehead atoms. The van der Waals surface area contributed by atoms with Gasteiger partial charge in [-0.25, -0.2) is 0 Å². The van der Waals surface area contributed by atoms with E-state index in [9.17, 15) is 0 Å². The molecule has 2 N–H and O–H groups in total. The highest BCUT2D eigenvalue weighted by molar-refractivity contribution is 5.79. The maximum atomic E-state index is 4.36. The molecule has 0 spiro atoms. The van der Waals surface area contributed by atoms with E-state index in [2.05, 4.69) is 68.8 Å². The van der Waals surface area contributed by atoms with Gasteiger partial charge in [-0.3, -0.25) is 4.99 Å². The van der Waals surface area contributed by atoms with Gasteiger partial charge in [0.05, 0.1) is 0 Å².